The van der Waals surface area contributed by atoms with E-state index >= 15 is 0 Å². The number of benzene rings is 1. The minimum atomic E-state index is -0.220. The van der Waals surface area contributed by atoms with Gasteiger partial charge in [0, 0.05) is 30.7 Å². The van der Waals surface area contributed by atoms with Crippen LogP contribution in [0.1, 0.15) is 39.3 Å². The molecule has 2 bridgehead atoms. The van der Waals surface area contributed by atoms with Crippen molar-refractivity contribution < 1.29 is 9.59 Å². The number of carbonyl (C=O) groups is 2. The number of hydrogen-bond acceptors (Lipinski definition) is 4. The Bertz CT molecular complexity index is 824. The summed E-state index contributed by atoms with van der Waals surface area (Å²) >= 11 is 7.58. The van der Waals surface area contributed by atoms with Crippen LogP contribution >= 0.6 is 22.9 Å². The molecule has 0 aliphatic carbocycles. The first-order valence-corrected chi connectivity index (χ1v) is 10.1. The minimum absolute atomic E-state index is 0.0114. The highest BCUT2D eigenvalue weighted by Crippen LogP contribution is 2.26. The third-order valence-corrected chi connectivity index (χ3v) is 6.22. The van der Waals surface area contributed by atoms with Gasteiger partial charge < -0.3 is 15.5 Å². The summed E-state index contributed by atoms with van der Waals surface area (Å²) < 4.78 is 0. The number of likely N-dealkylation sites (tertiary alicyclic amines) is 1. The first kappa shape index (κ1) is 17.5. The summed E-state index contributed by atoms with van der Waals surface area (Å²) in [4.78, 5) is 27.7. The lowest BCUT2D eigenvalue weighted by Gasteiger charge is -2.24. The Balaban J connectivity index is 1.51. The van der Waals surface area contributed by atoms with Crippen LogP contribution in [0.3, 0.4) is 0 Å². The average molecular weight is 390 g/mol. The van der Waals surface area contributed by atoms with Gasteiger partial charge in [-0.3, -0.25) is 9.59 Å². The van der Waals surface area contributed by atoms with Crippen molar-refractivity contribution in [3.63, 3.8) is 0 Å². The summed E-state index contributed by atoms with van der Waals surface area (Å²) in [6.45, 7) is 1.49. The zero-order chi connectivity index (χ0) is 18.1. The van der Waals surface area contributed by atoms with E-state index in [1.165, 1.54) is 17.8 Å². The molecule has 1 aromatic carbocycles. The van der Waals surface area contributed by atoms with Gasteiger partial charge in [0.2, 0.25) is 0 Å². The molecule has 3 heterocycles. The molecule has 2 fully saturated rings. The Labute approximate surface area is 161 Å². The van der Waals surface area contributed by atoms with E-state index in [1.807, 2.05) is 16.3 Å². The average Bonchev–Trinajstić information content (AvgIpc) is 3.26. The van der Waals surface area contributed by atoms with E-state index in [0.717, 1.165) is 25.9 Å². The summed E-state index contributed by atoms with van der Waals surface area (Å²) in [6.07, 6.45) is 3.31. The van der Waals surface area contributed by atoms with Crippen molar-refractivity contribution in [3.8, 4) is 0 Å². The number of nitrogens with zero attached hydrogens (tertiary/aromatic N) is 1. The number of nitrogens with one attached hydrogen (secondary N) is 2. The topological polar surface area (TPSA) is 61.4 Å². The van der Waals surface area contributed by atoms with Crippen molar-refractivity contribution in [3.05, 3.63) is 51.2 Å². The third-order valence-electron chi connectivity index (χ3n) is 5.02. The zero-order valence-electron chi connectivity index (χ0n) is 14.2. The molecule has 2 aliphatic rings. The van der Waals surface area contributed by atoms with Crippen molar-refractivity contribution in [1.82, 2.24) is 10.2 Å². The number of anilines is 1. The fourth-order valence-electron chi connectivity index (χ4n) is 3.66. The van der Waals surface area contributed by atoms with Gasteiger partial charge in [-0.05, 0) is 48.9 Å². The van der Waals surface area contributed by atoms with Gasteiger partial charge in [0.25, 0.3) is 11.8 Å². The lowest BCUT2D eigenvalue weighted by molar-refractivity contribution is 0.0748. The predicted molar refractivity (Wildman–Crippen MR) is 104 cm³/mol. The number of hydrogen-bond donors (Lipinski definition) is 2. The Kier molecular flexibility index (Phi) is 4.98. The van der Waals surface area contributed by atoms with Gasteiger partial charge in [0.1, 0.15) is 0 Å². The van der Waals surface area contributed by atoms with Crippen molar-refractivity contribution in [1.29, 1.82) is 0 Å². The van der Waals surface area contributed by atoms with Gasteiger partial charge >= 0.3 is 0 Å². The molecule has 2 amide bonds. The van der Waals surface area contributed by atoms with Gasteiger partial charge in [-0.1, -0.05) is 17.7 Å². The smallest absolute Gasteiger partial charge is 0.265 e. The van der Waals surface area contributed by atoms with Crippen LogP contribution in [0.15, 0.2) is 35.7 Å². The van der Waals surface area contributed by atoms with Crippen molar-refractivity contribution in [2.24, 2.45) is 0 Å². The van der Waals surface area contributed by atoms with E-state index < -0.39 is 0 Å². The largest absolute Gasteiger partial charge is 0.337 e. The summed E-state index contributed by atoms with van der Waals surface area (Å²) in [5.74, 6) is -0.231. The van der Waals surface area contributed by atoms with Gasteiger partial charge in [0.05, 0.1) is 15.6 Å². The second kappa shape index (κ2) is 7.39. The van der Waals surface area contributed by atoms with Crippen LogP contribution in [-0.4, -0.2) is 41.9 Å². The van der Waals surface area contributed by atoms with Crippen LogP contribution < -0.4 is 10.6 Å². The maximum Gasteiger partial charge on any atom is 0.265 e. The molecule has 0 radical (unpaired) electrons. The molecular weight excluding hydrogens is 370 g/mol. The number of amides is 2. The maximum atomic E-state index is 13.0. The lowest BCUT2D eigenvalue weighted by Crippen LogP contribution is -2.39. The number of fused-ring (bicyclic) bond motifs is 2. The third kappa shape index (κ3) is 3.63. The molecule has 4 rings (SSSR count). The van der Waals surface area contributed by atoms with Gasteiger partial charge in [0.15, 0.2) is 0 Å². The first-order valence-electron chi connectivity index (χ1n) is 8.80. The van der Waals surface area contributed by atoms with E-state index in [-0.39, 0.29) is 11.8 Å². The van der Waals surface area contributed by atoms with Crippen LogP contribution in [0.2, 0.25) is 5.02 Å². The fraction of sp³-hybridized carbons (Fsp3) is 0.368. The Hall–Kier alpha value is -1.89. The number of halogens is 1. The van der Waals surface area contributed by atoms with Crippen LogP contribution in [0, 0.1) is 0 Å². The molecule has 136 valence electrons. The summed E-state index contributed by atoms with van der Waals surface area (Å²) in [6, 6.07) is 9.56. The molecule has 2 aliphatic heterocycles. The number of thiophene rings is 1. The SMILES string of the molecule is O=C(Nc1cc(C(=O)N2CCC3CCC(C2)N3)ccc1Cl)c1cccs1. The highest BCUT2D eigenvalue weighted by Gasteiger charge is 2.31. The quantitative estimate of drug-likeness (QED) is 0.842. The van der Waals surface area contributed by atoms with E-state index in [4.69, 9.17) is 11.6 Å². The highest BCUT2D eigenvalue weighted by molar-refractivity contribution is 7.12. The molecule has 5 nitrogen and oxygen atoms in total. The van der Waals surface area contributed by atoms with Crippen LogP contribution in [0.4, 0.5) is 5.69 Å². The van der Waals surface area contributed by atoms with Gasteiger partial charge in [-0.2, -0.15) is 0 Å². The predicted octanol–water partition coefficient (Wildman–Crippen LogP) is 3.62. The Morgan fingerprint density at radius 3 is 2.85 bits per heavy atom. The number of rotatable bonds is 3. The van der Waals surface area contributed by atoms with E-state index in [2.05, 4.69) is 10.6 Å². The van der Waals surface area contributed by atoms with Gasteiger partial charge in [-0.25, -0.2) is 0 Å². The summed E-state index contributed by atoms with van der Waals surface area (Å²) in [5.41, 5.74) is 1.01. The zero-order valence-corrected chi connectivity index (χ0v) is 15.8. The summed E-state index contributed by atoms with van der Waals surface area (Å²) in [7, 11) is 0. The number of carbonyl (C=O) groups excluding carboxylic acids is 2. The molecule has 0 saturated carbocycles. The van der Waals surface area contributed by atoms with Gasteiger partial charge in [-0.15, -0.1) is 11.3 Å². The molecular formula is C19H20ClN3O2S. The summed E-state index contributed by atoms with van der Waals surface area (Å²) in [5, 5.41) is 8.65. The van der Waals surface area contributed by atoms with Crippen molar-refractivity contribution in [2.45, 2.75) is 31.3 Å². The second-order valence-electron chi connectivity index (χ2n) is 6.80. The van der Waals surface area contributed by atoms with Crippen LogP contribution in [-0.2, 0) is 0 Å². The Morgan fingerprint density at radius 1 is 1.19 bits per heavy atom. The molecule has 2 N–H and O–H groups in total. The van der Waals surface area contributed by atoms with E-state index in [1.54, 1.807) is 24.3 Å². The maximum absolute atomic E-state index is 13.0. The fourth-order valence-corrected chi connectivity index (χ4v) is 4.44. The first-order chi connectivity index (χ1) is 12.6. The minimum Gasteiger partial charge on any atom is -0.337 e. The van der Waals surface area contributed by atoms with Crippen molar-refractivity contribution >= 4 is 40.4 Å². The van der Waals surface area contributed by atoms with E-state index in [9.17, 15) is 9.59 Å². The molecule has 0 spiro atoms. The second-order valence-corrected chi connectivity index (χ2v) is 8.16. The molecule has 2 unspecified atom stereocenters. The Morgan fingerprint density at radius 2 is 2.04 bits per heavy atom. The normalized spacial score (nSPS) is 22.1. The monoisotopic (exact) mass is 389 g/mol. The molecule has 26 heavy (non-hydrogen) atoms. The van der Waals surface area contributed by atoms with Crippen LogP contribution in [0.5, 0.6) is 0 Å². The van der Waals surface area contributed by atoms with Crippen LogP contribution in [0.25, 0.3) is 0 Å². The molecule has 7 heteroatoms. The van der Waals surface area contributed by atoms with Crippen molar-refractivity contribution in [2.75, 3.05) is 18.4 Å². The lowest BCUT2D eigenvalue weighted by atomic mass is 10.1. The molecule has 2 aromatic rings. The van der Waals surface area contributed by atoms with E-state index in [0.29, 0.717) is 33.2 Å². The standard InChI is InChI=1S/C19H20ClN3O2S/c20-15-6-3-12(10-16(15)22-18(24)17-2-1-9-26-17)19(25)23-8-7-13-4-5-14(11-23)21-13/h1-3,6,9-10,13-14,21H,4-5,7-8,11H2,(H,22,24). The molecule has 2 saturated heterocycles. The molecule has 1 aromatic heterocycles. The molecule has 2 atom stereocenters. The highest BCUT2D eigenvalue weighted by atomic mass is 35.5.